The Labute approximate surface area is 175 Å². The number of nitrogen functional groups attached to an aromatic ring is 1. The summed E-state index contributed by atoms with van der Waals surface area (Å²) in [5.74, 6) is -0.347. The zero-order valence-electron chi connectivity index (χ0n) is 16.4. The van der Waals surface area contributed by atoms with Crippen LogP contribution in [-0.2, 0) is 6.18 Å². The smallest absolute Gasteiger partial charge is 0.368 e. The number of aryl methyl sites for hydroxylation is 1. The SMILES string of the molecule is Cc1ccc(C(=O)Nc2cccc(C(F)(F)F)c2)c(-c2ccc3nc(N)ncc3c2)c1. The van der Waals surface area contributed by atoms with Crippen LogP contribution in [0.4, 0.5) is 24.8 Å². The van der Waals surface area contributed by atoms with Gasteiger partial charge in [-0.3, -0.25) is 4.79 Å². The molecular weight excluding hydrogens is 405 g/mol. The number of hydrogen-bond donors (Lipinski definition) is 2. The van der Waals surface area contributed by atoms with E-state index in [0.717, 1.165) is 28.6 Å². The van der Waals surface area contributed by atoms with E-state index in [9.17, 15) is 18.0 Å². The molecule has 0 atom stereocenters. The van der Waals surface area contributed by atoms with Crippen molar-refractivity contribution >= 4 is 28.4 Å². The van der Waals surface area contributed by atoms with E-state index in [1.165, 1.54) is 12.1 Å². The van der Waals surface area contributed by atoms with Crippen LogP contribution in [-0.4, -0.2) is 15.9 Å². The van der Waals surface area contributed by atoms with Crippen LogP contribution in [0.5, 0.6) is 0 Å². The minimum absolute atomic E-state index is 0.0636. The van der Waals surface area contributed by atoms with E-state index in [1.54, 1.807) is 24.4 Å². The predicted octanol–water partition coefficient (Wildman–Crippen LogP) is 5.46. The van der Waals surface area contributed by atoms with E-state index in [-0.39, 0.29) is 11.6 Å². The Morgan fingerprint density at radius 1 is 1.03 bits per heavy atom. The van der Waals surface area contributed by atoms with Crippen molar-refractivity contribution in [1.82, 2.24) is 9.97 Å². The topological polar surface area (TPSA) is 80.9 Å². The van der Waals surface area contributed by atoms with Gasteiger partial charge in [0.2, 0.25) is 5.95 Å². The number of nitrogens with zero attached hydrogens (tertiary/aromatic N) is 2. The molecule has 3 N–H and O–H groups in total. The molecule has 0 bridgehead atoms. The zero-order valence-corrected chi connectivity index (χ0v) is 16.4. The number of carbonyl (C=O) groups excluding carboxylic acids is 1. The molecule has 0 unspecified atom stereocenters. The number of rotatable bonds is 3. The highest BCUT2D eigenvalue weighted by molar-refractivity contribution is 6.09. The molecule has 1 amide bonds. The Bertz CT molecular complexity index is 1300. The molecule has 4 rings (SSSR count). The molecule has 0 spiro atoms. The molecule has 0 aliphatic heterocycles. The van der Waals surface area contributed by atoms with Crippen molar-refractivity contribution in [2.75, 3.05) is 11.1 Å². The van der Waals surface area contributed by atoms with E-state index in [1.807, 2.05) is 25.1 Å². The molecule has 0 saturated heterocycles. The molecule has 1 aromatic heterocycles. The summed E-state index contributed by atoms with van der Waals surface area (Å²) in [5, 5.41) is 3.31. The normalized spacial score (nSPS) is 11.5. The molecular formula is C23H17F3N4O. The van der Waals surface area contributed by atoms with Crippen LogP contribution in [0.3, 0.4) is 0 Å². The third-order valence-electron chi connectivity index (χ3n) is 4.78. The summed E-state index contributed by atoms with van der Waals surface area (Å²) < 4.78 is 38.9. The maximum absolute atomic E-state index is 13.0. The summed E-state index contributed by atoms with van der Waals surface area (Å²) in [6.45, 7) is 1.89. The van der Waals surface area contributed by atoms with Gasteiger partial charge in [0.15, 0.2) is 0 Å². The quantitative estimate of drug-likeness (QED) is 0.460. The predicted molar refractivity (Wildman–Crippen MR) is 114 cm³/mol. The van der Waals surface area contributed by atoms with Gasteiger partial charge in [0, 0.05) is 22.8 Å². The largest absolute Gasteiger partial charge is 0.416 e. The first-order valence-corrected chi connectivity index (χ1v) is 9.32. The number of fused-ring (bicyclic) bond motifs is 1. The van der Waals surface area contributed by atoms with Crippen molar-refractivity contribution < 1.29 is 18.0 Å². The average molecular weight is 422 g/mol. The maximum atomic E-state index is 13.0. The molecule has 5 nitrogen and oxygen atoms in total. The van der Waals surface area contributed by atoms with Crippen molar-refractivity contribution in [2.24, 2.45) is 0 Å². The van der Waals surface area contributed by atoms with E-state index in [4.69, 9.17) is 5.73 Å². The van der Waals surface area contributed by atoms with Crippen LogP contribution in [0.15, 0.2) is 66.9 Å². The Morgan fingerprint density at radius 2 is 1.84 bits per heavy atom. The molecule has 3 aromatic carbocycles. The summed E-state index contributed by atoms with van der Waals surface area (Å²) in [6.07, 6.45) is -2.90. The Morgan fingerprint density at radius 3 is 2.61 bits per heavy atom. The first kappa shape index (κ1) is 20.3. The van der Waals surface area contributed by atoms with Gasteiger partial charge in [0.05, 0.1) is 11.1 Å². The zero-order chi connectivity index (χ0) is 22.2. The van der Waals surface area contributed by atoms with Crippen molar-refractivity contribution in [3.8, 4) is 11.1 Å². The van der Waals surface area contributed by atoms with E-state index < -0.39 is 17.6 Å². The second kappa shape index (κ2) is 7.71. The lowest BCUT2D eigenvalue weighted by atomic mass is 9.96. The number of aromatic nitrogens is 2. The molecule has 4 aromatic rings. The monoisotopic (exact) mass is 422 g/mol. The second-order valence-electron chi connectivity index (χ2n) is 7.08. The number of carbonyl (C=O) groups is 1. The molecule has 8 heteroatoms. The highest BCUT2D eigenvalue weighted by Crippen LogP contribution is 2.32. The number of anilines is 2. The van der Waals surface area contributed by atoms with Gasteiger partial charge in [-0.25, -0.2) is 9.97 Å². The standard InChI is InChI=1S/C23H17F3N4O/c1-13-5-7-18(21(31)29-17-4-2-3-16(11-17)23(24,25)26)19(9-13)14-6-8-20-15(10-14)12-28-22(27)30-20/h2-12H,1H3,(H,29,31)(H2,27,28,30). The van der Waals surface area contributed by atoms with Gasteiger partial charge in [-0.1, -0.05) is 29.8 Å². The molecule has 0 radical (unpaired) electrons. The van der Waals surface area contributed by atoms with E-state index in [2.05, 4.69) is 15.3 Å². The molecule has 0 saturated carbocycles. The van der Waals surface area contributed by atoms with Crippen LogP contribution in [0, 0.1) is 6.92 Å². The molecule has 0 fully saturated rings. The number of nitrogens with one attached hydrogen (secondary N) is 1. The van der Waals surface area contributed by atoms with Gasteiger partial charge in [-0.05, 0) is 54.4 Å². The fraction of sp³-hybridized carbons (Fsp3) is 0.0870. The molecule has 0 aliphatic rings. The molecule has 156 valence electrons. The van der Waals surface area contributed by atoms with Gasteiger partial charge in [-0.2, -0.15) is 13.2 Å². The van der Waals surface area contributed by atoms with E-state index >= 15 is 0 Å². The van der Waals surface area contributed by atoms with Gasteiger partial charge < -0.3 is 11.1 Å². The molecule has 0 aliphatic carbocycles. The van der Waals surface area contributed by atoms with Crippen LogP contribution in [0.2, 0.25) is 0 Å². The highest BCUT2D eigenvalue weighted by atomic mass is 19.4. The van der Waals surface area contributed by atoms with E-state index in [0.29, 0.717) is 16.6 Å². The van der Waals surface area contributed by atoms with Crippen LogP contribution < -0.4 is 11.1 Å². The van der Waals surface area contributed by atoms with Crippen molar-refractivity contribution in [3.63, 3.8) is 0 Å². The molecule has 1 heterocycles. The van der Waals surface area contributed by atoms with Gasteiger partial charge in [0.25, 0.3) is 5.91 Å². The third kappa shape index (κ3) is 4.32. The van der Waals surface area contributed by atoms with Crippen molar-refractivity contribution in [2.45, 2.75) is 13.1 Å². The number of nitrogens with two attached hydrogens (primary N) is 1. The fourth-order valence-corrected chi connectivity index (χ4v) is 3.28. The first-order chi connectivity index (χ1) is 14.7. The number of alkyl halides is 3. The van der Waals surface area contributed by atoms with Crippen molar-refractivity contribution in [1.29, 1.82) is 0 Å². The summed E-state index contributed by atoms with van der Waals surface area (Å²) >= 11 is 0. The number of amides is 1. The minimum Gasteiger partial charge on any atom is -0.368 e. The lowest BCUT2D eigenvalue weighted by molar-refractivity contribution is -0.137. The molecule has 31 heavy (non-hydrogen) atoms. The third-order valence-corrected chi connectivity index (χ3v) is 4.78. The minimum atomic E-state index is -4.49. The van der Waals surface area contributed by atoms with Crippen LogP contribution in [0.25, 0.3) is 22.0 Å². The Kier molecular flexibility index (Phi) is 5.06. The maximum Gasteiger partial charge on any atom is 0.416 e. The summed E-state index contributed by atoms with van der Waals surface area (Å²) in [5.41, 5.74) is 8.17. The number of hydrogen-bond acceptors (Lipinski definition) is 4. The van der Waals surface area contributed by atoms with Crippen molar-refractivity contribution in [3.05, 3.63) is 83.6 Å². The van der Waals surface area contributed by atoms with Gasteiger partial charge >= 0.3 is 6.18 Å². The summed E-state index contributed by atoms with van der Waals surface area (Å²) in [7, 11) is 0. The Balaban J connectivity index is 1.72. The summed E-state index contributed by atoms with van der Waals surface area (Å²) in [4.78, 5) is 21.1. The lowest BCUT2D eigenvalue weighted by Crippen LogP contribution is -2.14. The van der Waals surface area contributed by atoms with Gasteiger partial charge in [-0.15, -0.1) is 0 Å². The second-order valence-corrected chi connectivity index (χ2v) is 7.08. The first-order valence-electron chi connectivity index (χ1n) is 9.32. The number of halogens is 3. The summed E-state index contributed by atoms with van der Waals surface area (Å²) in [6, 6.07) is 15.2. The average Bonchev–Trinajstić information content (AvgIpc) is 2.73. The van der Waals surface area contributed by atoms with Crippen LogP contribution >= 0.6 is 0 Å². The Hall–Kier alpha value is -3.94. The number of benzene rings is 3. The van der Waals surface area contributed by atoms with Crippen LogP contribution in [0.1, 0.15) is 21.5 Å². The van der Waals surface area contributed by atoms with Gasteiger partial charge in [0.1, 0.15) is 0 Å². The fourth-order valence-electron chi connectivity index (χ4n) is 3.28. The lowest BCUT2D eigenvalue weighted by Gasteiger charge is -2.13. The highest BCUT2D eigenvalue weighted by Gasteiger charge is 2.30.